The number of methoxy groups -OCH3 is 2. The molecule has 0 aliphatic carbocycles. The summed E-state index contributed by atoms with van der Waals surface area (Å²) in [6, 6.07) is 18.1. The van der Waals surface area contributed by atoms with Gasteiger partial charge in [-0.25, -0.2) is 0 Å². The largest absolute Gasteiger partial charge is 0.497 e. The van der Waals surface area contributed by atoms with E-state index in [0.29, 0.717) is 31.7 Å². The molecule has 3 aromatic rings. The normalized spacial score (nSPS) is 13.8. The van der Waals surface area contributed by atoms with Crippen LogP contribution in [0.2, 0.25) is 0 Å². The minimum atomic E-state index is -0.0434. The van der Waals surface area contributed by atoms with Gasteiger partial charge in [-0.05, 0) is 61.9 Å². The molecule has 1 aliphatic rings. The van der Waals surface area contributed by atoms with Gasteiger partial charge in [0.15, 0.2) is 0 Å². The second-order valence-electron chi connectivity index (χ2n) is 8.53. The zero-order chi connectivity index (χ0) is 24.2. The van der Waals surface area contributed by atoms with Crippen LogP contribution in [0.25, 0.3) is 16.9 Å². The van der Waals surface area contributed by atoms with Crippen LogP contribution in [0, 0.1) is 13.8 Å². The standard InChI is InChI=1S/C27H31N3O4/c1-19-5-9-22(10-6-19)30-20(2)24(17-25(30)21-7-11-23(34-4)12-8-21)27(32)29-15-13-28(14-16-29)26(31)18-33-3/h5-12,17H,13-16,18H2,1-4H3. The van der Waals surface area contributed by atoms with Gasteiger partial charge in [0.2, 0.25) is 5.91 Å². The molecule has 0 atom stereocenters. The lowest BCUT2D eigenvalue weighted by Crippen LogP contribution is -2.51. The Morgan fingerprint density at radius 1 is 0.853 bits per heavy atom. The number of aryl methyl sites for hydroxylation is 1. The topological polar surface area (TPSA) is 64.0 Å². The number of nitrogens with zero attached hydrogens (tertiary/aromatic N) is 3. The highest BCUT2D eigenvalue weighted by Gasteiger charge is 2.28. The first kappa shape index (κ1) is 23.6. The quantitative estimate of drug-likeness (QED) is 0.562. The minimum absolute atomic E-state index is 0.0167. The molecule has 0 spiro atoms. The van der Waals surface area contributed by atoms with E-state index in [2.05, 4.69) is 35.8 Å². The molecule has 2 aromatic carbocycles. The number of benzene rings is 2. The Kier molecular flexibility index (Phi) is 7.03. The summed E-state index contributed by atoms with van der Waals surface area (Å²) < 4.78 is 12.4. The van der Waals surface area contributed by atoms with Gasteiger partial charge in [-0.3, -0.25) is 9.59 Å². The lowest BCUT2D eigenvalue weighted by Gasteiger charge is -2.34. The maximum absolute atomic E-state index is 13.6. The van der Waals surface area contributed by atoms with E-state index in [9.17, 15) is 9.59 Å². The van der Waals surface area contributed by atoms with E-state index in [0.717, 1.165) is 28.4 Å². The van der Waals surface area contributed by atoms with Crippen LogP contribution >= 0.6 is 0 Å². The van der Waals surface area contributed by atoms with Crippen molar-refractivity contribution in [2.24, 2.45) is 0 Å². The van der Waals surface area contributed by atoms with E-state index in [4.69, 9.17) is 9.47 Å². The van der Waals surface area contributed by atoms with E-state index >= 15 is 0 Å². The molecule has 34 heavy (non-hydrogen) atoms. The molecule has 1 fully saturated rings. The number of hydrogen-bond donors (Lipinski definition) is 0. The number of rotatable bonds is 6. The van der Waals surface area contributed by atoms with Gasteiger partial charge in [0, 0.05) is 44.7 Å². The molecule has 0 saturated carbocycles. The summed E-state index contributed by atoms with van der Waals surface area (Å²) >= 11 is 0. The lowest BCUT2D eigenvalue weighted by atomic mass is 10.1. The molecule has 0 bridgehead atoms. The number of aromatic nitrogens is 1. The monoisotopic (exact) mass is 461 g/mol. The van der Waals surface area contributed by atoms with Crippen LogP contribution in [0.15, 0.2) is 54.6 Å². The van der Waals surface area contributed by atoms with Crippen molar-refractivity contribution < 1.29 is 19.1 Å². The van der Waals surface area contributed by atoms with Gasteiger partial charge in [0.05, 0.1) is 18.4 Å². The molecule has 4 rings (SSSR count). The molecule has 1 saturated heterocycles. The van der Waals surface area contributed by atoms with Crippen molar-refractivity contribution in [2.45, 2.75) is 13.8 Å². The average Bonchev–Trinajstić information content (AvgIpc) is 3.21. The first-order valence-corrected chi connectivity index (χ1v) is 11.4. The maximum atomic E-state index is 13.6. The molecule has 1 aromatic heterocycles. The van der Waals surface area contributed by atoms with Gasteiger partial charge >= 0.3 is 0 Å². The molecule has 0 radical (unpaired) electrons. The molecule has 0 N–H and O–H groups in total. The zero-order valence-corrected chi connectivity index (χ0v) is 20.2. The Bertz CT molecular complexity index is 1160. The zero-order valence-electron chi connectivity index (χ0n) is 20.2. The average molecular weight is 462 g/mol. The first-order chi connectivity index (χ1) is 16.4. The first-order valence-electron chi connectivity index (χ1n) is 11.4. The lowest BCUT2D eigenvalue weighted by molar-refractivity contribution is -0.136. The van der Waals surface area contributed by atoms with Crippen LogP contribution < -0.4 is 4.74 Å². The molecule has 2 amide bonds. The van der Waals surface area contributed by atoms with Crippen molar-refractivity contribution in [3.8, 4) is 22.7 Å². The van der Waals surface area contributed by atoms with E-state index in [-0.39, 0.29) is 18.4 Å². The van der Waals surface area contributed by atoms with E-state index in [1.807, 2.05) is 42.2 Å². The maximum Gasteiger partial charge on any atom is 0.255 e. The molecule has 178 valence electrons. The van der Waals surface area contributed by atoms with Gasteiger partial charge in [0.25, 0.3) is 5.91 Å². The molecule has 2 heterocycles. The molecular weight excluding hydrogens is 430 g/mol. The summed E-state index contributed by atoms with van der Waals surface area (Å²) in [7, 11) is 3.16. The van der Waals surface area contributed by atoms with Crippen LogP contribution in [0.3, 0.4) is 0 Å². The third-order valence-electron chi connectivity index (χ3n) is 6.34. The highest BCUT2D eigenvalue weighted by atomic mass is 16.5. The SMILES string of the molecule is COCC(=O)N1CCN(C(=O)c2cc(-c3ccc(OC)cc3)n(-c3ccc(C)cc3)c2C)CC1. The fraction of sp³-hybridized carbons (Fsp3) is 0.333. The van der Waals surface area contributed by atoms with Crippen molar-refractivity contribution in [3.05, 3.63) is 71.4 Å². The molecule has 7 heteroatoms. The van der Waals surface area contributed by atoms with Crippen molar-refractivity contribution >= 4 is 11.8 Å². The number of ether oxygens (including phenoxy) is 2. The highest BCUT2D eigenvalue weighted by Crippen LogP contribution is 2.31. The van der Waals surface area contributed by atoms with Crippen molar-refractivity contribution in [3.63, 3.8) is 0 Å². The van der Waals surface area contributed by atoms with Gasteiger partial charge in [-0.1, -0.05) is 17.7 Å². The van der Waals surface area contributed by atoms with Gasteiger partial charge in [0.1, 0.15) is 12.4 Å². The van der Waals surface area contributed by atoms with Gasteiger partial charge in [-0.15, -0.1) is 0 Å². The van der Waals surface area contributed by atoms with E-state index in [1.54, 1.807) is 12.0 Å². The Balaban J connectivity index is 1.67. The van der Waals surface area contributed by atoms with Crippen LogP contribution in [0.4, 0.5) is 0 Å². The summed E-state index contributed by atoms with van der Waals surface area (Å²) in [5, 5.41) is 0. The number of amides is 2. The predicted molar refractivity (Wildman–Crippen MR) is 132 cm³/mol. The predicted octanol–water partition coefficient (Wildman–Crippen LogP) is 3.70. The van der Waals surface area contributed by atoms with Gasteiger partial charge < -0.3 is 23.8 Å². The molecule has 0 unspecified atom stereocenters. The molecular formula is C27H31N3O4. The molecule has 7 nitrogen and oxygen atoms in total. The van der Waals surface area contributed by atoms with Crippen molar-refractivity contribution in [1.29, 1.82) is 0 Å². The fourth-order valence-corrected chi connectivity index (χ4v) is 4.37. The Labute approximate surface area is 200 Å². The van der Waals surface area contributed by atoms with E-state index in [1.165, 1.54) is 12.7 Å². The highest BCUT2D eigenvalue weighted by molar-refractivity contribution is 5.97. The van der Waals surface area contributed by atoms with Gasteiger partial charge in [-0.2, -0.15) is 0 Å². The Morgan fingerprint density at radius 2 is 1.47 bits per heavy atom. The van der Waals surface area contributed by atoms with Crippen LogP contribution in [-0.2, 0) is 9.53 Å². The summed E-state index contributed by atoms with van der Waals surface area (Å²) in [6.07, 6.45) is 0. The fourth-order valence-electron chi connectivity index (χ4n) is 4.37. The van der Waals surface area contributed by atoms with Crippen LogP contribution in [0.1, 0.15) is 21.6 Å². The van der Waals surface area contributed by atoms with Crippen molar-refractivity contribution in [1.82, 2.24) is 14.4 Å². The van der Waals surface area contributed by atoms with E-state index < -0.39 is 0 Å². The second-order valence-corrected chi connectivity index (χ2v) is 8.53. The summed E-state index contributed by atoms with van der Waals surface area (Å²) in [5.74, 6) is 0.723. The second kappa shape index (κ2) is 10.1. The van der Waals surface area contributed by atoms with Crippen LogP contribution in [0.5, 0.6) is 5.75 Å². The smallest absolute Gasteiger partial charge is 0.255 e. The number of carbonyl (C=O) groups is 2. The Morgan fingerprint density at radius 3 is 2.06 bits per heavy atom. The Hall–Kier alpha value is -3.58. The molecule has 1 aliphatic heterocycles. The number of hydrogen-bond acceptors (Lipinski definition) is 4. The third-order valence-corrected chi connectivity index (χ3v) is 6.34. The number of carbonyl (C=O) groups excluding carboxylic acids is 2. The summed E-state index contributed by atoms with van der Waals surface area (Å²) in [5.41, 5.74) is 5.68. The van der Waals surface area contributed by atoms with Crippen LogP contribution in [-0.4, -0.2) is 73.2 Å². The summed E-state index contributed by atoms with van der Waals surface area (Å²) in [4.78, 5) is 29.3. The number of piperazine rings is 1. The summed E-state index contributed by atoms with van der Waals surface area (Å²) in [6.45, 7) is 6.13. The minimum Gasteiger partial charge on any atom is -0.497 e. The van der Waals surface area contributed by atoms with Crippen molar-refractivity contribution in [2.75, 3.05) is 47.0 Å². The third kappa shape index (κ3) is 4.70.